The molecule has 0 spiro atoms. The Hall–Kier alpha value is -3.28. The number of H-pyrrole nitrogens is 1. The van der Waals surface area contributed by atoms with Gasteiger partial charge in [-0.05, 0) is 31.0 Å². The molecule has 2 N–H and O–H groups in total. The number of aromatic nitrogens is 5. The number of benzene rings is 1. The summed E-state index contributed by atoms with van der Waals surface area (Å²) in [4.78, 5) is 14.2. The molecular weight excluding hydrogens is 406 g/mol. The van der Waals surface area contributed by atoms with Gasteiger partial charge in [-0.15, -0.1) is 5.10 Å². The number of nitrogens with one attached hydrogen (secondary N) is 2. The Bertz CT molecular complexity index is 1240. The van der Waals surface area contributed by atoms with E-state index in [4.69, 9.17) is 16.6 Å². The fraction of sp³-hybridized carbons (Fsp3) is 0.150. The lowest BCUT2D eigenvalue weighted by Gasteiger charge is -2.04. The molecule has 7 nitrogen and oxygen atoms in total. The highest BCUT2D eigenvalue weighted by atomic mass is 35.5. The van der Waals surface area contributed by atoms with Crippen molar-refractivity contribution in [2.75, 3.05) is 5.32 Å². The molecule has 0 unspecified atom stereocenters. The van der Waals surface area contributed by atoms with Crippen LogP contribution >= 0.6 is 22.9 Å². The summed E-state index contributed by atoms with van der Waals surface area (Å²) >= 11 is 7.86. The highest BCUT2D eigenvalue weighted by Gasteiger charge is 2.27. The molecule has 142 valence electrons. The van der Waals surface area contributed by atoms with E-state index >= 15 is 0 Å². The number of pyridine rings is 1. The number of thiazole rings is 1. The van der Waals surface area contributed by atoms with Gasteiger partial charge in [0.15, 0.2) is 5.13 Å². The zero-order valence-electron chi connectivity index (χ0n) is 15.1. The largest absolute Gasteiger partial charge is 0.299 e. The van der Waals surface area contributed by atoms with Crippen LogP contribution in [0.1, 0.15) is 30.1 Å². The van der Waals surface area contributed by atoms with Crippen LogP contribution in [0.3, 0.4) is 0 Å². The molecule has 0 bridgehead atoms. The Morgan fingerprint density at radius 3 is 2.93 bits per heavy atom. The molecule has 0 aliphatic heterocycles. The van der Waals surface area contributed by atoms with Crippen LogP contribution in [0.25, 0.3) is 21.7 Å². The molecule has 0 amide bonds. The smallest absolute Gasteiger partial charge is 0.248 e. The van der Waals surface area contributed by atoms with Gasteiger partial charge in [0.25, 0.3) is 0 Å². The lowest BCUT2D eigenvalue weighted by Crippen LogP contribution is -1.92. The molecule has 1 aliphatic carbocycles. The van der Waals surface area contributed by atoms with Crippen LogP contribution in [0.5, 0.6) is 0 Å². The summed E-state index contributed by atoms with van der Waals surface area (Å²) in [5.74, 6) is 1.89. The Balaban J connectivity index is 1.57. The number of anilines is 2. The number of halogens is 1. The van der Waals surface area contributed by atoms with Gasteiger partial charge in [0.2, 0.25) is 5.95 Å². The molecule has 3 heterocycles. The first-order valence-electron chi connectivity index (χ1n) is 9.02. The van der Waals surface area contributed by atoms with Crippen LogP contribution in [0.2, 0.25) is 5.02 Å². The molecule has 9 heteroatoms. The van der Waals surface area contributed by atoms with Crippen molar-refractivity contribution in [1.29, 1.82) is 5.26 Å². The highest BCUT2D eigenvalue weighted by Crippen LogP contribution is 2.42. The van der Waals surface area contributed by atoms with Crippen LogP contribution in [-0.4, -0.2) is 25.1 Å². The maximum atomic E-state index is 9.26. The molecular formula is C20H14ClN7S. The second kappa shape index (κ2) is 7.28. The fourth-order valence-corrected chi connectivity index (χ4v) is 4.30. The molecule has 0 atom stereocenters. The summed E-state index contributed by atoms with van der Waals surface area (Å²) < 4.78 is 0. The second-order valence-electron chi connectivity index (χ2n) is 6.69. The van der Waals surface area contributed by atoms with Gasteiger partial charge in [-0.2, -0.15) is 10.2 Å². The van der Waals surface area contributed by atoms with Crippen molar-refractivity contribution in [3.63, 3.8) is 0 Å². The number of nitrogens with zero attached hydrogens (tertiary/aromatic N) is 5. The summed E-state index contributed by atoms with van der Waals surface area (Å²) in [5, 5.41) is 20.9. The quantitative estimate of drug-likeness (QED) is 0.464. The Morgan fingerprint density at radius 1 is 1.24 bits per heavy atom. The third-order valence-electron chi connectivity index (χ3n) is 4.59. The molecule has 0 saturated heterocycles. The van der Waals surface area contributed by atoms with Crippen molar-refractivity contribution in [1.82, 2.24) is 25.1 Å². The van der Waals surface area contributed by atoms with E-state index < -0.39 is 0 Å². The lowest BCUT2D eigenvalue weighted by molar-refractivity contribution is 0.935. The van der Waals surface area contributed by atoms with Gasteiger partial charge in [0.1, 0.15) is 5.82 Å². The van der Waals surface area contributed by atoms with Crippen molar-refractivity contribution < 1.29 is 0 Å². The summed E-state index contributed by atoms with van der Waals surface area (Å²) in [5.41, 5.74) is 2.98. The summed E-state index contributed by atoms with van der Waals surface area (Å²) in [6, 6.07) is 11.4. The minimum atomic E-state index is 0.491. The van der Waals surface area contributed by atoms with Crippen molar-refractivity contribution in [2.24, 2.45) is 0 Å². The predicted octanol–water partition coefficient (Wildman–Crippen LogP) is 5.14. The normalized spacial score (nSPS) is 13.2. The standard InChI is InChI=1S/C20H14ClN7S/c21-15-10-23-7-6-14(15)17-16(13-3-1-2-11(8-13)9-22)24-20(29-17)26-19-25-18(27-28-19)12-4-5-12/h1-3,6-8,10,12H,4-5H2,(H2,24,25,26,27,28). The number of hydrogen-bond donors (Lipinski definition) is 2. The molecule has 29 heavy (non-hydrogen) atoms. The molecule has 1 aromatic carbocycles. The Kier molecular flexibility index (Phi) is 4.46. The zero-order chi connectivity index (χ0) is 19.8. The average molecular weight is 420 g/mol. The number of rotatable bonds is 5. The monoisotopic (exact) mass is 419 g/mol. The van der Waals surface area contributed by atoms with Gasteiger partial charge in [-0.25, -0.2) is 4.98 Å². The molecule has 0 radical (unpaired) electrons. The molecule has 1 aliphatic rings. The molecule has 1 saturated carbocycles. The van der Waals surface area contributed by atoms with Gasteiger partial charge in [0, 0.05) is 29.4 Å². The third kappa shape index (κ3) is 3.58. The average Bonchev–Trinajstić information content (AvgIpc) is 3.35. The summed E-state index contributed by atoms with van der Waals surface area (Å²) in [7, 11) is 0. The third-order valence-corrected chi connectivity index (χ3v) is 5.90. The Morgan fingerprint density at radius 2 is 2.14 bits per heavy atom. The first kappa shape index (κ1) is 17.8. The van der Waals surface area contributed by atoms with Gasteiger partial charge in [-0.1, -0.05) is 35.1 Å². The van der Waals surface area contributed by atoms with E-state index in [1.807, 2.05) is 24.3 Å². The van der Waals surface area contributed by atoms with E-state index in [0.717, 1.165) is 40.4 Å². The molecule has 1 fully saturated rings. The van der Waals surface area contributed by atoms with E-state index in [-0.39, 0.29) is 0 Å². The second-order valence-corrected chi connectivity index (χ2v) is 8.09. The van der Waals surface area contributed by atoms with Crippen LogP contribution < -0.4 is 5.32 Å². The summed E-state index contributed by atoms with van der Waals surface area (Å²) in [6.45, 7) is 0. The number of aromatic amines is 1. The SMILES string of the molecule is N#Cc1cccc(-c2nc(Nc3n[nH]c(C4CC4)n3)sc2-c2ccncc2Cl)c1. The first-order valence-corrected chi connectivity index (χ1v) is 10.2. The fourth-order valence-electron chi connectivity index (χ4n) is 3.01. The predicted molar refractivity (Wildman–Crippen MR) is 112 cm³/mol. The van der Waals surface area contributed by atoms with Crippen molar-refractivity contribution >= 4 is 34.0 Å². The minimum absolute atomic E-state index is 0.491. The maximum absolute atomic E-state index is 9.26. The van der Waals surface area contributed by atoms with Gasteiger partial charge in [-0.3, -0.25) is 15.4 Å². The van der Waals surface area contributed by atoms with Crippen LogP contribution in [0, 0.1) is 11.3 Å². The van der Waals surface area contributed by atoms with E-state index in [1.165, 1.54) is 11.3 Å². The van der Waals surface area contributed by atoms with E-state index in [0.29, 0.717) is 27.6 Å². The van der Waals surface area contributed by atoms with Crippen molar-refractivity contribution in [3.8, 4) is 27.8 Å². The molecule has 3 aromatic heterocycles. The lowest BCUT2D eigenvalue weighted by atomic mass is 10.1. The van der Waals surface area contributed by atoms with Crippen LogP contribution in [0.4, 0.5) is 11.1 Å². The highest BCUT2D eigenvalue weighted by molar-refractivity contribution is 7.19. The summed E-state index contributed by atoms with van der Waals surface area (Å²) in [6.07, 6.45) is 5.60. The van der Waals surface area contributed by atoms with Crippen LogP contribution in [0.15, 0.2) is 42.7 Å². The van der Waals surface area contributed by atoms with Gasteiger partial charge >= 0.3 is 0 Å². The van der Waals surface area contributed by atoms with E-state index in [2.05, 4.69) is 31.6 Å². The maximum Gasteiger partial charge on any atom is 0.248 e. The number of hydrogen-bond acceptors (Lipinski definition) is 7. The van der Waals surface area contributed by atoms with Crippen LogP contribution in [-0.2, 0) is 0 Å². The zero-order valence-corrected chi connectivity index (χ0v) is 16.6. The number of nitriles is 1. The minimum Gasteiger partial charge on any atom is -0.299 e. The Labute approximate surface area is 175 Å². The first-order chi connectivity index (χ1) is 14.2. The molecule has 5 rings (SSSR count). The van der Waals surface area contributed by atoms with E-state index in [9.17, 15) is 5.26 Å². The topological polar surface area (TPSA) is 103 Å². The molecule has 4 aromatic rings. The van der Waals surface area contributed by atoms with E-state index in [1.54, 1.807) is 18.5 Å². The van der Waals surface area contributed by atoms with Gasteiger partial charge in [0.05, 0.1) is 27.2 Å². The van der Waals surface area contributed by atoms with Crippen molar-refractivity contribution in [2.45, 2.75) is 18.8 Å². The van der Waals surface area contributed by atoms with Gasteiger partial charge < -0.3 is 0 Å². The van der Waals surface area contributed by atoms with Crippen molar-refractivity contribution in [3.05, 3.63) is 59.1 Å².